The molecule has 6 nitrogen and oxygen atoms in total. The molecule has 0 aromatic heterocycles. The predicted molar refractivity (Wildman–Crippen MR) is 140 cm³/mol. The van der Waals surface area contributed by atoms with Crippen molar-refractivity contribution in [1.82, 2.24) is 0 Å². The minimum Gasteiger partial charge on any atom is -0.508 e. The number of para-hydroxylation sites is 1. The summed E-state index contributed by atoms with van der Waals surface area (Å²) in [4.78, 5) is 23.9. The minimum absolute atomic E-state index is 0.114. The normalized spacial score (nSPS) is 13.5. The summed E-state index contributed by atoms with van der Waals surface area (Å²) >= 11 is 6.57. The van der Waals surface area contributed by atoms with E-state index in [0.29, 0.717) is 27.4 Å². The average molecular weight is 498 g/mol. The van der Waals surface area contributed by atoms with Gasteiger partial charge in [-0.15, -0.1) is 0 Å². The van der Waals surface area contributed by atoms with Crippen LogP contribution in [0.1, 0.15) is 16.7 Å². The number of hydrogen-bond acceptors (Lipinski definition) is 4. The van der Waals surface area contributed by atoms with Gasteiger partial charge in [0.1, 0.15) is 11.5 Å². The Hall–Kier alpha value is -4.55. The molecular weight excluding hydrogens is 478 g/mol. The van der Waals surface area contributed by atoms with Crippen molar-refractivity contribution in [2.24, 2.45) is 0 Å². The van der Waals surface area contributed by atoms with E-state index < -0.39 is 5.97 Å². The summed E-state index contributed by atoms with van der Waals surface area (Å²) in [5.41, 5.74) is 5.65. The number of carboxylic acids is 1. The summed E-state index contributed by atoms with van der Waals surface area (Å²) in [6.07, 6.45) is 1.33. The third kappa shape index (κ3) is 4.42. The van der Waals surface area contributed by atoms with Crippen molar-refractivity contribution in [2.45, 2.75) is 6.42 Å². The first-order valence-electron chi connectivity index (χ1n) is 11.1. The van der Waals surface area contributed by atoms with Crippen LogP contribution in [0.5, 0.6) is 11.5 Å². The van der Waals surface area contributed by atoms with Gasteiger partial charge >= 0.3 is 5.97 Å². The van der Waals surface area contributed by atoms with Gasteiger partial charge in [0.15, 0.2) is 0 Å². The lowest BCUT2D eigenvalue weighted by molar-refractivity contribution is -0.136. The molecule has 5 rings (SSSR count). The largest absolute Gasteiger partial charge is 0.508 e. The van der Waals surface area contributed by atoms with Gasteiger partial charge < -0.3 is 20.6 Å². The van der Waals surface area contributed by atoms with Crippen LogP contribution in [0, 0.1) is 0 Å². The molecule has 4 aromatic carbocycles. The molecule has 0 fully saturated rings. The summed E-state index contributed by atoms with van der Waals surface area (Å²) in [5.74, 6) is -1.29. The number of phenols is 2. The highest BCUT2D eigenvalue weighted by Crippen LogP contribution is 2.41. The maximum Gasteiger partial charge on any atom is 0.307 e. The standard InChI is InChI=1S/C29H20ClNO5/c30-24-15-25-22(14-21(24)18-8-6-17(7-9-18)20-3-1-2-4-27(20)33)23(29(36)31-25)12-16-5-10-26(32)19(11-16)13-28(34)35/h1-12,14-15,32-33H,13H2,(H,31,36)(H,34,35)/b23-12-. The molecular formula is C29H20ClNO5. The third-order valence-electron chi connectivity index (χ3n) is 6.06. The Morgan fingerprint density at radius 1 is 0.833 bits per heavy atom. The van der Waals surface area contributed by atoms with E-state index in [-0.39, 0.29) is 29.4 Å². The molecule has 178 valence electrons. The highest BCUT2D eigenvalue weighted by atomic mass is 35.5. The number of carboxylic acid groups (broad SMARTS) is 1. The first-order valence-corrected chi connectivity index (χ1v) is 11.5. The van der Waals surface area contributed by atoms with Crippen LogP contribution in [-0.2, 0) is 16.0 Å². The van der Waals surface area contributed by atoms with Gasteiger partial charge in [-0.1, -0.05) is 60.1 Å². The van der Waals surface area contributed by atoms with E-state index in [2.05, 4.69) is 5.32 Å². The zero-order valence-corrected chi connectivity index (χ0v) is 19.6. The molecule has 0 atom stereocenters. The lowest BCUT2D eigenvalue weighted by Gasteiger charge is -2.10. The number of hydrogen-bond donors (Lipinski definition) is 4. The second-order valence-electron chi connectivity index (χ2n) is 8.44. The first-order chi connectivity index (χ1) is 17.3. The number of halogens is 1. The van der Waals surface area contributed by atoms with Crippen LogP contribution in [0.15, 0.2) is 78.9 Å². The van der Waals surface area contributed by atoms with Crippen LogP contribution in [-0.4, -0.2) is 27.2 Å². The maximum atomic E-state index is 12.8. The van der Waals surface area contributed by atoms with Gasteiger partial charge in [0.2, 0.25) is 0 Å². The monoisotopic (exact) mass is 497 g/mol. The van der Waals surface area contributed by atoms with E-state index in [4.69, 9.17) is 16.7 Å². The van der Waals surface area contributed by atoms with Crippen molar-refractivity contribution in [3.63, 3.8) is 0 Å². The third-order valence-corrected chi connectivity index (χ3v) is 6.37. The number of fused-ring (bicyclic) bond motifs is 1. The molecule has 0 saturated carbocycles. The Morgan fingerprint density at radius 3 is 2.22 bits per heavy atom. The van der Waals surface area contributed by atoms with Crippen molar-refractivity contribution < 1.29 is 24.9 Å². The van der Waals surface area contributed by atoms with Crippen molar-refractivity contribution in [2.75, 3.05) is 5.32 Å². The molecule has 0 bridgehead atoms. The second kappa shape index (κ2) is 9.24. The lowest BCUT2D eigenvalue weighted by atomic mass is 9.96. The van der Waals surface area contributed by atoms with Gasteiger partial charge in [-0.2, -0.15) is 0 Å². The smallest absolute Gasteiger partial charge is 0.307 e. The Bertz CT molecular complexity index is 1560. The molecule has 1 heterocycles. The SMILES string of the molecule is O=C(O)Cc1cc(/C=C2\C(=O)Nc3cc(Cl)c(-c4ccc(-c5ccccc5O)cc4)cc32)ccc1O. The molecule has 4 aromatic rings. The number of benzene rings is 4. The molecule has 1 amide bonds. The summed E-state index contributed by atoms with van der Waals surface area (Å²) in [5, 5.41) is 32.5. The molecule has 0 radical (unpaired) electrons. The zero-order valence-electron chi connectivity index (χ0n) is 18.8. The van der Waals surface area contributed by atoms with Gasteiger partial charge in [-0.3, -0.25) is 9.59 Å². The number of carbonyl (C=O) groups excluding carboxylic acids is 1. The Balaban J connectivity index is 1.53. The highest BCUT2D eigenvalue weighted by Gasteiger charge is 2.26. The topological polar surface area (TPSA) is 107 Å². The molecule has 0 saturated heterocycles. The van der Waals surface area contributed by atoms with Crippen LogP contribution >= 0.6 is 11.6 Å². The van der Waals surface area contributed by atoms with Gasteiger partial charge in [0, 0.05) is 27.8 Å². The number of amides is 1. The quantitative estimate of drug-likeness (QED) is 0.245. The Labute approximate surface area is 211 Å². The lowest BCUT2D eigenvalue weighted by Crippen LogP contribution is -2.04. The van der Waals surface area contributed by atoms with E-state index in [0.717, 1.165) is 22.3 Å². The number of carbonyl (C=O) groups is 2. The fourth-order valence-corrected chi connectivity index (χ4v) is 4.56. The fraction of sp³-hybridized carbons (Fsp3) is 0.0345. The van der Waals surface area contributed by atoms with Crippen LogP contribution in [0.4, 0.5) is 5.69 Å². The molecule has 0 aliphatic carbocycles. The van der Waals surface area contributed by atoms with Crippen LogP contribution in [0.3, 0.4) is 0 Å². The average Bonchev–Trinajstić information content (AvgIpc) is 3.14. The van der Waals surface area contributed by atoms with Crippen LogP contribution < -0.4 is 5.32 Å². The molecule has 1 aliphatic rings. The number of aromatic hydroxyl groups is 2. The molecule has 4 N–H and O–H groups in total. The highest BCUT2D eigenvalue weighted by molar-refractivity contribution is 6.38. The van der Waals surface area contributed by atoms with E-state index in [1.807, 2.05) is 42.5 Å². The Kier molecular flexibility index (Phi) is 5.96. The fourth-order valence-electron chi connectivity index (χ4n) is 4.29. The molecule has 1 aliphatic heterocycles. The maximum absolute atomic E-state index is 12.8. The van der Waals surface area contributed by atoms with E-state index in [1.54, 1.807) is 36.4 Å². The summed E-state index contributed by atoms with van der Waals surface area (Å²) in [6.45, 7) is 0. The van der Waals surface area contributed by atoms with Crippen LogP contribution in [0.2, 0.25) is 5.02 Å². The molecule has 7 heteroatoms. The zero-order chi connectivity index (χ0) is 25.4. The van der Waals surface area contributed by atoms with Gasteiger partial charge in [0.05, 0.1) is 17.1 Å². The van der Waals surface area contributed by atoms with E-state index in [9.17, 15) is 19.8 Å². The van der Waals surface area contributed by atoms with Crippen molar-refractivity contribution >= 4 is 40.8 Å². The minimum atomic E-state index is -1.06. The van der Waals surface area contributed by atoms with Gasteiger partial charge in [0.25, 0.3) is 5.91 Å². The number of rotatable bonds is 5. The van der Waals surface area contributed by atoms with E-state index in [1.165, 1.54) is 6.07 Å². The molecule has 0 spiro atoms. The number of aliphatic carboxylic acids is 1. The van der Waals surface area contributed by atoms with Crippen molar-refractivity contribution in [3.05, 3.63) is 101 Å². The summed E-state index contributed by atoms with van der Waals surface area (Å²) < 4.78 is 0. The first kappa shape index (κ1) is 23.2. The summed E-state index contributed by atoms with van der Waals surface area (Å²) in [6, 6.07) is 22.8. The van der Waals surface area contributed by atoms with Crippen molar-refractivity contribution in [1.29, 1.82) is 0 Å². The van der Waals surface area contributed by atoms with Crippen molar-refractivity contribution in [3.8, 4) is 33.8 Å². The van der Waals surface area contributed by atoms with Gasteiger partial charge in [-0.25, -0.2) is 0 Å². The summed E-state index contributed by atoms with van der Waals surface area (Å²) in [7, 11) is 0. The molecule has 0 unspecified atom stereocenters. The van der Waals surface area contributed by atoms with Crippen LogP contribution in [0.25, 0.3) is 33.9 Å². The van der Waals surface area contributed by atoms with Gasteiger partial charge in [-0.05, 0) is 53.1 Å². The Morgan fingerprint density at radius 2 is 1.53 bits per heavy atom. The van der Waals surface area contributed by atoms with E-state index >= 15 is 0 Å². The molecule has 36 heavy (non-hydrogen) atoms. The number of anilines is 1. The predicted octanol–water partition coefficient (Wildman–Crippen LogP) is 6.21. The second-order valence-corrected chi connectivity index (χ2v) is 8.85. The number of nitrogens with one attached hydrogen (secondary N) is 1. The number of phenolic OH excluding ortho intramolecular Hbond substituents is 2.